The molecule has 1 aromatic rings. The molecule has 0 bridgehead atoms. The summed E-state index contributed by atoms with van der Waals surface area (Å²) in [6.07, 6.45) is 7.08. The smallest absolute Gasteiger partial charge is 0.149 e. The summed E-state index contributed by atoms with van der Waals surface area (Å²) in [5, 5.41) is 3.82. The second-order valence-corrected chi connectivity index (χ2v) is 4.27. The van der Waals surface area contributed by atoms with E-state index in [2.05, 4.69) is 22.2 Å². The second kappa shape index (κ2) is 4.13. The minimum atomic E-state index is 0.445. The van der Waals surface area contributed by atoms with Gasteiger partial charge in [0, 0.05) is 6.04 Å². The van der Waals surface area contributed by atoms with Gasteiger partial charge in [0.15, 0.2) is 0 Å². The van der Waals surface area contributed by atoms with Gasteiger partial charge < -0.3 is 5.32 Å². The van der Waals surface area contributed by atoms with Gasteiger partial charge in [-0.15, -0.1) is 0 Å². The molecule has 14 heavy (non-hydrogen) atoms. The van der Waals surface area contributed by atoms with Gasteiger partial charge in [-0.2, -0.15) is 0 Å². The lowest BCUT2D eigenvalue weighted by molar-refractivity contribution is 0.554. The molecule has 0 aromatic carbocycles. The molecule has 0 saturated heterocycles. The van der Waals surface area contributed by atoms with Crippen molar-refractivity contribution in [2.45, 2.75) is 32.2 Å². The van der Waals surface area contributed by atoms with Crippen molar-refractivity contribution in [3.63, 3.8) is 0 Å². The zero-order valence-corrected chi connectivity index (χ0v) is 8.96. The zero-order valence-electron chi connectivity index (χ0n) is 8.20. The summed E-state index contributed by atoms with van der Waals surface area (Å²) in [4.78, 5) is 8.16. The van der Waals surface area contributed by atoms with Crippen LogP contribution in [0.5, 0.6) is 0 Å². The van der Waals surface area contributed by atoms with Crippen molar-refractivity contribution in [3.8, 4) is 0 Å². The second-order valence-electron chi connectivity index (χ2n) is 3.89. The topological polar surface area (TPSA) is 37.8 Å². The van der Waals surface area contributed by atoms with E-state index in [0.717, 1.165) is 11.7 Å². The quantitative estimate of drug-likeness (QED) is 0.818. The largest absolute Gasteiger partial charge is 0.366 e. The van der Waals surface area contributed by atoms with Crippen molar-refractivity contribution in [1.82, 2.24) is 9.97 Å². The third-order valence-electron chi connectivity index (χ3n) is 2.80. The van der Waals surface area contributed by atoms with Gasteiger partial charge in [0.25, 0.3) is 0 Å². The minimum absolute atomic E-state index is 0.445. The first kappa shape index (κ1) is 9.71. The highest BCUT2D eigenvalue weighted by Gasteiger charge is 2.23. The molecule has 1 fully saturated rings. The average molecular weight is 212 g/mol. The molecule has 1 heterocycles. The fourth-order valence-electron chi connectivity index (χ4n) is 1.96. The Hall–Kier alpha value is -0.830. The van der Waals surface area contributed by atoms with Gasteiger partial charge in [-0.3, -0.25) is 4.98 Å². The Morgan fingerprint density at radius 2 is 2.29 bits per heavy atom. The highest BCUT2D eigenvalue weighted by atomic mass is 35.5. The number of hydrogen-bond acceptors (Lipinski definition) is 3. The summed E-state index contributed by atoms with van der Waals surface area (Å²) in [5.41, 5.74) is 0. The summed E-state index contributed by atoms with van der Waals surface area (Å²) >= 11 is 5.75. The van der Waals surface area contributed by atoms with Gasteiger partial charge in [0.1, 0.15) is 11.0 Å². The van der Waals surface area contributed by atoms with Crippen LogP contribution in [0.15, 0.2) is 12.4 Å². The molecule has 2 rings (SSSR count). The number of rotatable bonds is 2. The molecule has 0 radical (unpaired) electrons. The van der Waals surface area contributed by atoms with Crippen LogP contribution >= 0.6 is 11.6 Å². The molecule has 2 atom stereocenters. The molecule has 2 unspecified atom stereocenters. The van der Waals surface area contributed by atoms with Crippen LogP contribution < -0.4 is 5.32 Å². The summed E-state index contributed by atoms with van der Waals surface area (Å²) in [7, 11) is 0. The SMILES string of the molecule is CC1CCCC1Nc1cncc(Cl)n1. The van der Waals surface area contributed by atoms with Gasteiger partial charge in [-0.05, 0) is 18.8 Å². The number of nitrogens with zero attached hydrogens (tertiary/aromatic N) is 2. The fourth-order valence-corrected chi connectivity index (χ4v) is 2.11. The van der Waals surface area contributed by atoms with Crippen LogP contribution in [-0.4, -0.2) is 16.0 Å². The van der Waals surface area contributed by atoms with Crippen molar-refractivity contribution in [2.75, 3.05) is 5.32 Å². The maximum absolute atomic E-state index is 5.75. The molecule has 1 N–H and O–H groups in total. The number of hydrogen-bond donors (Lipinski definition) is 1. The maximum Gasteiger partial charge on any atom is 0.149 e. The van der Waals surface area contributed by atoms with E-state index in [1.807, 2.05) is 0 Å². The molecule has 0 aliphatic heterocycles. The Morgan fingerprint density at radius 1 is 1.43 bits per heavy atom. The van der Waals surface area contributed by atoms with Crippen LogP contribution in [0.3, 0.4) is 0 Å². The predicted molar refractivity (Wildman–Crippen MR) is 57.5 cm³/mol. The van der Waals surface area contributed by atoms with Gasteiger partial charge in [-0.1, -0.05) is 24.9 Å². The van der Waals surface area contributed by atoms with Crippen molar-refractivity contribution < 1.29 is 0 Å². The molecule has 1 aliphatic carbocycles. The van der Waals surface area contributed by atoms with E-state index in [0.29, 0.717) is 11.2 Å². The first-order chi connectivity index (χ1) is 6.75. The Kier molecular flexibility index (Phi) is 2.87. The monoisotopic (exact) mass is 211 g/mol. The molecular weight excluding hydrogens is 198 g/mol. The van der Waals surface area contributed by atoms with E-state index < -0.39 is 0 Å². The maximum atomic E-state index is 5.75. The molecule has 1 aromatic heterocycles. The van der Waals surface area contributed by atoms with E-state index in [1.54, 1.807) is 12.4 Å². The molecular formula is C10H14ClN3. The Balaban J connectivity index is 2.03. The Bertz CT molecular complexity index is 316. The summed E-state index contributed by atoms with van der Waals surface area (Å²) in [6.45, 7) is 2.27. The summed E-state index contributed by atoms with van der Waals surface area (Å²) in [6, 6.07) is 0.530. The van der Waals surface area contributed by atoms with Crippen LogP contribution in [-0.2, 0) is 0 Å². The highest BCUT2D eigenvalue weighted by Crippen LogP contribution is 2.27. The Morgan fingerprint density at radius 3 is 2.93 bits per heavy atom. The third kappa shape index (κ3) is 2.15. The molecule has 0 amide bonds. The lowest BCUT2D eigenvalue weighted by atomic mass is 10.1. The molecule has 3 nitrogen and oxygen atoms in total. The fraction of sp³-hybridized carbons (Fsp3) is 0.600. The third-order valence-corrected chi connectivity index (χ3v) is 2.98. The van der Waals surface area contributed by atoms with Crippen LogP contribution in [0, 0.1) is 5.92 Å². The molecule has 76 valence electrons. The summed E-state index contributed by atoms with van der Waals surface area (Å²) < 4.78 is 0. The van der Waals surface area contributed by atoms with Crippen LogP contribution in [0.4, 0.5) is 5.82 Å². The standard InChI is InChI=1S/C10H14ClN3/c1-7-3-2-4-8(7)13-10-6-12-5-9(11)14-10/h5-8H,2-4H2,1H3,(H,13,14). The summed E-state index contributed by atoms with van der Waals surface area (Å²) in [5.74, 6) is 1.51. The van der Waals surface area contributed by atoms with Gasteiger partial charge in [-0.25, -0.2) is 4.98 Å². The first-order valence-electron chi connectivity index (χ1n) is 5.00. The van der Waals surface area contributed by atoms with Gasteiger partial charge in [0.2, 0.25) is 0 Å². The minimum Gasteiger partial charge on any atom is -0.366 e. The lowest BCUT2D eigenvalue weighted by Crippen LogP contribution is -2.22. The molecule has 1 saturated carbocycles. The first-order valence-corrected chi connectivity index (χ1v) is 5.37. The predicted octanol–water partition coefficient (Wildman–Crippen LogP) is 2.73. The van der Waals surface area contributed by atoms with Crippen molar-refractivity contribution in [3.05, 3.63) is 17.5 Å². The average Bonchev–Trinajstić information content (AvgIpc) is 2.52. The molecule has 1 aliphatic rings. The normalized spacial score (nSPS) is 26.4. The van der Waals surface area contributed by atoms with E-state index in [9.17, 15) is 0 Å². The van der Waals surface area contributed by atoms with Crippen molar-refractivity contribution in [2.24, 2.45) is 5.92 Å². The zero-order chi connectivity index (χ0) is 9.97. The van der Waals surface area contributed by atoms with Crippen molar-refractivity contribution in [1.29, 1.82) is 0 Å². The van der Waals surface area contributed by atoms with Gasteiger partial charge >= 0.3 is 0 Å². The lowest BCUT2D eigenvalue weighted by Gasteiger charge is -2.17. The van der Waals surface area contributed by atoms with E-state index in [-0.39, 0.29) is 0 Å². The van der Waals surface area contributed by atoms with Crippen LogP contribution in [0.2, 0.25) is 5.15 Å². The van der Waals surface area contributed by atoms with E-state index in [4.69, 9.17) is 11.6 Å². The van der Waals surface area contributed by atoms with Gasteiger partial charge in [0.05, 0.1) is 12.4 Å². The molecule has 0 spiro atoms. The van der Waals surface area contributed by atoms with Crippen molar-refractivity contribution >= 4 is 17.4 Å². The van der Waals surface area contributed by atoms with E-state index >= 15 is 0 Å². The number of anilines is 1. The molecule has 4 heteroatoms. The number of nitrogens with one attached hydrogen (secondary N) is 1. The van der Waals surface area contributed by atoms with Crippen LogP contribution in [0.25, 0.3) is 0 Å². The van der Waals surface area contributed by atoms with Crippen LogP contribution in [0.1, 0.15) is 26.2 Å². The Labute approximate surface area is 88.9 Å². The highest BCUT2D eigenvalue weighted by molar-refractivity contribution is 6.29. The van der Waals surface area contributed by atoms with E-state index in [1.165, 1.54) is 19.3 Å². The number of halogens is 1. The number of aromatic nitrogens is 2.